The topological polar surface area (TPSA) is 49.3 Å². The van der Waals surface area contributed by atoms with Crippen molar-refractivity contribution in [1.29, 1.82) is 0 Å². The number of rotatable bonds is 12. The number of carboxylic acids is 1. The molecule has 0 bridgehead atoms. The van der Waals surface area contributed by atoms with Crippen LogP contribution in [0.2, 0.25) is 0 Å². The summed E-state index contributed by atoms with van der Waals surface area (Å²) in [7, 11) is 0. The van der Waals surface area contributed by atoms with E-state index in [-0.39, 0.29) is 0 Å². The highest BCUT2D eigenvalue weighted by molar-refractivity contribution is 8.00. The molecule has 1 atom stereocenters. The molecule has 0 saturated heterocycles. The number of hydrogen-bond donors (Lipinski definition) is 2. The summed E-state index contributed by atoms with van der Waals surface area (Å²) in [6, 6.07) is 60.7. The van der Waals surface area contributed by atoms with Crippen molar-refractivity contribution in [3.05, 3.63) is 215 Å². The van der Waals surface area contributed by atoms with Gasteiger partial charge in [-0.2, -0.15) is 0 Å². The molecule has 0 radical (unpaired) electrons. The fraction of sp³-hybridized carbons (Fsp3) is 0.0976. The Balaban J connectivity index is 1.50. The lowest BCUT2D eigenvalue weighted by atomic mass is 9.76. The molecule has 0 aliphatic rings. The van der Waals surface area contributed by atoms with Crippen LogP contribution in [-0.2, 0) is 15.1 Å². The zero-order valence-electron chi connectivity index (χ0n) is 24.9. The molecule has 6 rings (SSSR count). The molecule has 45 heavy (non-hydrogen) atoms. The normalized spacial score (nSPS) is 12.4. The molecule has 2 N–H and O–H groups in total. The lowest BCUT2D eigenvalue weighted by molar-refractivity contribution is -0.139. The average molecular weight is 606 g/mol. The maximum absolute atomic E-state index is 13.3. The van der Waals surface area contributed by atoms with Crippen LogP contribution >= 0.6 is 11.8 Å². The van der Waals surface area contributed by atoms with Crippen molar-refractivity contribution in [2.24, 2.45) is 0 Å². The van der Waals surface area contributed by atoms with Gasteiger partial charge in [0.05, 0.1) is 10.3 Å². The van der Waals surface area contributed by atoms with E-state index in [4.69, 9.17) is 0 Å². The SMILES string of the molecule is O=C(O)[C@@H](CSC(c1ccccc1)(c1ccccc1)c1ccccc1)NC(c1ccccc1)(c1ccccc1)c1ccccc1. The molecule has 0 spiro atoms. The smallest absolute Gasteiger partial charge is 0.321 e. The van der Waals surface area contributed by atoms with Gasteiger partial charge < -0.3 is 5.11 Å². The monoisotopic (exact) mass is 605 g/mol. The van der Waals surface area contributed by atoms with Crippen molar-refractivity contribution in [3.63, 3.8) is 0 Å². The highest BCUT2D eigenvalue weighted by Gasteiger charge is 2.42. The standard InChI is InChI=1S/C41H35NO2S/c43-39(44)38(42-40(32-19-7-1-8-20-32,33-21-9-2-10-22-33)34-23-11-3-12-24-34)31-45-41(35-25-13-4-14-26-35,36-27-15-5-16-28-36)37-29-17-6-18-30-37/h1-30,38,42H,31H2,(H,43,44)/t38-/m1/s1. The lowest BCUT2D eigenvalue weighted by Gasteiger charge is -2.41. The second-order valence-corrected chi connectivity index (χ2v) is 12.2. The van der Waals surface area contributed by atoms with Gasteiger partial charge >= 0.3 is 5.97 Å². The molecule has 222 valence electrons. The third kappa shape index (κ3) is 6.08. The second kappa shape index (κ2) is 13.8. The van der Waals surface area contributed by atoms with E-state index in [1.165, 1.54) is 0 Å². The summed E-state index contributed by atoms with van der Waals surface area (Å²) < 4.78 is -0.645. The van der Waals surface area contributed by atoms with Crippen LogP contribution in [-0.4, -0.2) is 22.9 Å². The minimum Gasteiger partial charge on any atom is -0.480 e. The van der Waals surface area contributed by atoms with E-state index in [0.29, 0.717) is 5.75 Å². The first kappa shape index (κ1) is 30.1. The van der Waals surface area contributed by atoms with Gasteiger partial charge in [0.15, 0.2) is 0 Å². The Morgan fingerprint density at radius 2 is 0.756 bits per heavy atom. The number of aliphatic carboxylic acids is 1. The Kier molecular flexibility index (Phi) is 9.25. The van der Waals surface area contributed by atoms with Crippen LogP contribution in [0.1, 0.15) is 33.4 Å². The first-order chi connectivity index (χ1) is 22.1. The maximum Gasteiger partial charge on any atom is 0.321 e. The fourth-order valence-electron chi connectivity index (χ4n) is 6.23. The van der Waals surface area contributed by atoms with Gasteiger partial charge in [-0.15, -0.1) is 11.8 Å². The number of carboxylic acid groups (broad SMARTS) is 1. The molecular formula is C41H35NO2S. The Bertz CT molecular complexity index is 1590. The highest BCUT2D eigenvalue weighted by Crippen LogP contribution is 2.49. The van der Waals surface area contributed by atoms with Gasteiger partial charge in [0.2, 0.25) is 0 Å². The van der Waals surface area contributed by atoms with E-state index < -0.39 is 22.3 Å². The predicted octanol–water partition coefficient (Wildman–Crippen LogP) is 8.75. The number of hydrogen-bond acceptors (Lipinski definition) is 3. The molecule has 0 heterocycles. The molecule has 3 nitrogen and oxygen atoms in total. The Morgan fingerprint density at radius 1 is 0.489 bits per heavy atom. The number of benzene rings is 6. The van der Waals surface area contributed by atoms with Crippen molar-refractivity contribution in [2.75, 3.05) is 5.75 Å². The Hall–Kier alpha value is -4.90. The molecule has 0 unspecified atom stereocenters. The summed E-state index contributed by atoms with van der Waals surface area (Å²) in [5.41, 5.74) is 5.28. The van der Waals surface area contributed by atoms with E-state index in [2.05, 4.69) is 115 Å². The van der Waals surface area contributed by atoms with Crippen LogP contribution in [0.5, 0.6) is 0 Å². The second-order valence-electron chi connectivity index (χ2n) is 11.0. The van der Waals surface area contributed by atoms with E-state index in [0.717, 1.165) is 33.4 Å². The van der Waals surface area contributed by atoms with Crippen LogP contribution in [0, 0.1) is 0 Å². The summed E-state index contributed by atoms with van der Waals surface area (Å²) >= 11 is 1.65. The van der Waals surface area contributed by atoms with Crippen molar-refractivity contribution in [3.8, 4) is 0 Å². The number of thioether (sulfide) groups is 1. The molecular weight excluding hydrogens is 571 g/mol. The van der Waals surface area contributed by atoms with E-state index in [9.17, 15) is 9.90 Å². The third-order valence-electron chi connectivity index (χ3n) is 8.32. The van der Waals surface area contributed by atoms with Gasteiger partial charge in [0.25, 0.3) is 0 Å². The maximum atomic E-state index is 13.3. The first-order valence-electron chi connectivity index (χ1n) is 15.1. The number of carbonyl (C=O) groups is 1. The zero-order valence-corrected chi connectivity index (χ0v) is 25.7. The van der Waals surface area contributed by atoms with Crippen LogP contribution in [0.25, 0.3) is 0 Å². The van der Waals surface area contributed by atoms with Crippen LogP contribution < -0.4 is 5.32 Å². The van der Waals surface area contributed by atoms with Gasteiger partial charge in [-0.05, 0) is 33.4 Å². The van der Waals surface area contributed by atoms with Crippen molar-refractivity contribution >= 4 is 17.7 Å². The molecule has 6 aromatic rings. The summed E-state index contributed by atoms with van der Waals surface area (Å²) in [6.45, 7) is 0. The largest absolute Gasteiger partial charge is 0.480 e. The van der Waals surface area contributed by atoms with Gasteiger partial charge in [0.1, 0.15) is 6.04 Å². The predicted molar refractivity (Wildman–Crippen MR) is 185 cm³/mol. The fourth-order valence-corrected chi connectivity index (χ4v) is 7.78. The van der Waals surface area contributed by atoms with E-state index >= 15 is 0 Å². The van der Waals surface area contributed by atoms with Crippen molar-refractivity contribution < 1.29 is 9.90 Å². The third-order valence-corrected chi connectivity index (χ3v) is 9.96. The Morgan fingerprint density at radius 3 is 1.02 bits per heavy atom. The minimum absolute atomic E-state index is 0.294. The van der Waals surface area contributed by atoms with Crippen LogP contribution in [0.15, 0.2) is 182 Å². The van der Waals surface area contributed by atoms with Gasteiger partial charge in [-0.1, -0.05) is 182 Å². The summed E-state index contributed by atoms with van der Waals surface area (Å²) in [4.78, 5) is 13.3. The molecule has 0 fully saturated rings. The highest BCUT2D eigenvalue weighted by atomic mass is 32.2. The quantitative estimate of drug-likeness (QED) is 0.137. The Labute approximate surface area is 269 Å². The number of nitrogens with one attached hydrogen (secondary N) is 1. The first-order valence-corrected chi connectivity index (χ1v) is 16.1. The molecule has 0 aromatic heterocycles. The van der Waals surface area contributed by atoms with E-state index in [1.807, 2.05) is 72.8 Å². The lowest BCUT2D eigenvalue weighted by Crippen LogP contribution is -2.54. The van der Waals surface area contributed by atoms with Crippen molar-refractivity contribution in [2.45, 2.75) is 16.3 Å². The summed E-state index contributed by atoms with van der Waals surface area (Å²) in [5, 5.41) is 14.6. The van der Waals surface area contributed by atoms with Crippen LogP contribution in [0.4, 0.5) is 0 Å². The average Bonchev–Trinajstić information content (AvgIpc) is 3.12. The van der Waals surface area contributed by atoms with Crippen LogP contribution in [0.3, 0.4) is 0 Å². The molecule has 0 aliphatic carbocycles. The van der Waals surface area contributed by atoms with E-state index in [1.54, 1.807) is 11.8 Å². The summed E-state index contributed by atoms with van der Waals surface area (Å²) in [5.74, 6) is -0.611. The van der Waals surface area contributed by atoms with Gasteiger partial charge in [-0.25, -0.2) is 0 Å². The van der Waals surface area contributed by atoms with Gasteiger partial charge in [0, 0.05) is 5.75 Å². The molecule has 0 amide bonds. The minimum atomic E-state index is -0.914. The molecule has 0 aliphatic heterocycles. The molecule has 6 aromatic carbocycles. The zero-order chi connectivity index (χ0) is 31.0. The van der Waals surface area contributed by atoms with Crippen molar-refractivity contribution in [1.82, 2.24) is 5.32 Å². The van der Waals surface area contributed by atoms with Gasteiger partial charge in [-0.3, -0.25) is 10.1 Å². The molecule has 4 heteroatoms. The molecule has 0 saturated carbocycles. The summed E-state index contributed by atoms with van der Waals surface area (Å²) in [6.07, 6.45) is 0.